The molecule has 1 aromatic heterocycles. The van der Waals surface area contributed by atoms with Crippen molar-refractivity contribution in [2.45, 2.75) is 17.6 Å². The summed E-state index contributed by atoms with van der Waals surface area (Å²) in [6.45, 7) is 1.88. The summed E-state index contributed by atoms with van der Waals surface area (Å²) < 4.78 is 12.1. The minimum absolute atomic E-state index is 0.149. The Hall–Kier alpha value is -1.53. The van der Waals surface area contributed by atoms with Gasteiger partial charge in [0.2, 0.25) is 0 Å². The molecule has 2 aromatic rings. The van der Waals surface area contributed by atoms with Gasteiger partial charge in [-0.2, -0.15) is 0 Å². The number of hydrogen-bond acceptors (Lipinski definition) is 4. The smallest absolute Gasteiger partial charge is 0.335 e. The third-order valence-electron chi connectivity index (χ3n) is 2.27. The average Bonchev–Trinajstić information content (AvgIpc) is 2.75. The Bertz CT molecular complexity index is 607. The summed E-state index contributed by atoms with van der Waals surface area (Å²) in [6, 6.07) is 6.20. The van der Waals surface area contributed by atoms with E-state index in [-0.39, 0.29) is 5.56 Å². The Morgan fingerprint density at radius 2 is 2.28 bits per heavy atom. The highest BCUT2D eigenvalue weighted by Crippen LogP contribution is 2.17. The molecule has 1 N–H and O–H groups in total. The Morgan fingerprint density at radius 3 is 2.89 bits per heavy atom. The standard InChI is InChI=1S/C12H11NO3S2/c1-8-6-17-11(13-8)7-18(16)10-4-2-3-9(5-10)12(14)15/h2-6H,7H2,1H3,(H,14,15). The quantitative estimate of drug-likeness (QED) is 0.934. The highest BCUT2D eigenvalue weighted by atomic mass is 32.2. The van der Waals surface area contributed by atoms with Crippen LogP contribution in [0, 0.1) is 6.92 Å². The molecule has 4 nitrogen and oxygen atoms in total. The summed E-state index contributed by atoms with van der Waals surface area (Å²) in [4.78, 5) is 15.6. The van der Waals surface area contributed by atoms with Gasteiger partial charge < -0.3 is 5.11 Å². The first kappa shape index (κ1) is 12.9. The molecule has 0 spiro atoms. The number of carboxylic acid groups (broad SMARTS) is 1. The van der Waals surface area contributed by atoms with Crippen LogP contribution in [-0.4, -0.2) is 20.3 Å². The Labute approximate surface area is 111 Å². The molecule has 0 aliphatic rings. The monoisotopic (exact) mass is 281 g/mol. The third kappa shape index (κ3) is 3.02. The van der Waals surface area contributed by atoms with Gasteiger partial charge in [0.25, 0.3) is 0 Å². The van der Waals surface area contributed by atoms with Crippen LogP contribution < -0.4 is 0 Å². The van der Waals surface area contributed by atoms with Crippen molar-refractivity contribution in [3.8, 4) is 0 Å². The number of benzene rings is 1. The van der Waals surface area contributed by atoms with E-state index in [1.807, 2.05) is 12.3 Å². The Morgan fingerprint density at radius 1 is 1.50 bits per heavy atom. The SMILES string of the molecule is Cc1csc(CS(=O)c2cccc(C(=O)O)c2)n1. The van der Waals surface area contributed by atoms with Gasteiger partial charge in [0.15, 0.2) is 0 Å². The zero-order chi connectivity index (χ0) is 13.1. The van der Waals surface area contributed by atoms with Crippen LogP contribution in [0.1, 0.15) is 21.1 Å². The summed E-state index contributed by atoms with van der Waals surface area (Å²) in [5.41, 5.74) is 1.06. The molecule has 0 saturated heterocycles. The maximum absolute atomic E-state index is 12.1. The highest BCUT2D eigenvalue weighted by Gasteiger charge is 2.10. The first-order valence-corrected chi connectivity index (χ1v) is 7.39. The lowest BCUT2D eigenvalue weighted by atomic mass is 10.2. The fourth-order valence-electron chi connectivity index (χ4n) is 1.44. The van der Waals surface area contributed by atoms with Gasteiger partial charge in [-0.3, -0.25) is 4.21 Å². The average molecular weight is 281 g/mol. The molecule has 1 aromatic carbocycles. The molecule has 2 rings (SSSR count). The predicted molar refractivity (Wildman–Crippen MR) is 70.4 cm³/mol. The topological polar surface area (TPSA) is 67.3 Å². The molecular formula is C12H11NO3S2. The maximum atomic E-state index is 12.1. The number of carboxylic acids is 1. The van der Waals surface area contributed by atoms with Gasteiger partial charge in [-0.05, 0) is 25.1 Å². The second-order valence-electron chi connectivity index (χ2n) is 3.71. The van der Waals surface area contributed by atoms with E-state index in [1.54, 1.807) is 12.1 Å². The highest BCUT2D eigenvalue weighted by molar-refractivity contribution is 7.84. The summed E-state index contributed by atoms with van der Waals surface area (Å²) >= 11 is 1.46. The van der Waals surface area contributed by atoms with E-state index in [9.17, 15) is 9.00 Å². The van der Waals surface area contributed by atoms with Crippen molar-refractivity contribution in [3.63, 3.8) is 0 Å². The summed E-state index contributed by atoms with van der Waals surface area (Å²) in [5.74, 6) is -0.694. The number of thiazole rings is 1. The van der Waals surface area contributed by atoms with Crippen LogP contribution >= 0.6 is 11.3 Å². The van der Waals surface area contributed by atoms with E-state index < -0.39 is 16.8 Å². The summed E-state index contributed by atoms with van der Waals surface area (Å²) in [6.07, 6.45) is 0. The van der Waals surface area contributed by atoms with Gasteiger partial charge in [-0.25, -0.2) is 9.78 Å². The van der Waals surface area contributed by atoms with Crippen LogP contribution in [0.5, 0.6) is 0 Å². The molecular weight excluding hydrogens is 270 g/mol. The van der Waals surface area contributed by atoms with Crippen molar-refractivity contribution in [3.05, 3.63) is 45.9 Å². The molecule has 6 heteroatoms. The van der Waals surface area contributed by atoms with Crippen molar-refractivity contribution >= 4 is 28.1 Å². The number of aromatic carboxylic acids is 1. The molecule has 0 amide bonds. The first-order chi connectivity index (χ1) is 8.56. The van der Waals surface area contributed by atoms with E-state index in [4.69, 9.17) is 5.11 Å². The molecule has 1 atom stereocenters. The minimum Gasteiger partial charge on any atom is -0.478 e. The number of hydrogen-bond donors (Lipinski definition) is 1. The molecule has 0 radical (unpaired) electrons. The zero-order valence-electron chi connectivity index (χ0n) is 9.62. The number of nitrogens with zero attached hydrogens (tertiary/aromatic N) is 1. The van der Waals surface area contributed by atoms with Gasteiger partial charge in [0, 0.05) is 16.0 Å². The molecule has 1 heterocycles. The molecule has 0 aliphatic carbocycles. The number of rotatable bonds is 4. The summed E-state index contributed by atoms with van der Waals surface area (Å²) in [5, 5.41) is 11.6. The second-order valence-corrected chi connectivity index (χ2v) is 6.10. The lowest BCUT2D eigenvalue weighted by Gasteiger charge is -2.01. The minimum atomic E-state index is -1.26. The predicted octanol–water partition coefficient (Wildman–Crippen LogP) is 2.46. The maximum Gasteiger partial charge on any atom is 0.335 e. The van der Waals surface area contributed by atoms with Crippen molar-refractivity contribution in [2.24, 2.45) is 0 Å². The van der Waals surface area contributed by atoms with Crippen LogP contribution in [0.3, 0.4) is 0 Å². The molecule has 0 fully saturated rings. The van der Waals surface area contributed by atoms with Crippen LogP contribution in [0.25, 0.3) is 0 Å². The van der Waals surface area contributed by atoms with Crippen molar-refractivity contribution < 1.29 is 14.1 Å². The van der Waals surface area contributed by atoms with Gasteiger partial charge in [0.05, 0.1) is 22.1 Å². The fraction of sp³-hybridized carbons (Fsp3) is 0.167. The summed E-state index contributed by atoms with van der Waals surface area (Å²) in [7, 11) is -1.26. The van der Waals surface area contributed by atoms with E-state index in [0.29, 0.717) is 10.6 Å². The van der Waals surface area contributed by atoms with E-state index >= 15 is 0 Å². The van der Waals surface area contributed by atoms with Crippen molar-refractivity contribution in [1.82, 2.24) is 4.98 Å². The molecule has 18 heavy (non-hydrogen) atoms. The second kappa shape index (κ2) is 5.41. The van der Waals surface area contributed by atoms with E-state index in [0.717, 1.165) is 10.7 Å². The number of aromatic nitrogens is 1. The van der Waals surface area contributed by atoms with Crippen molar-refractivity contribution in [2.75, 3.05) is 0 Å². The van der Waals surface area contributed by atoms with Crippen LogP contribution in [0.4, 0.5) is 0 Å². The first-order valence-electron chi connectivity index (χ1n) is 5.19. The fourth-order valence-corrected chi connectivity index (χ4v) is 3.53. The molecule has 1 unspecified atom stereocenters. The third-order valence-corrected chi connectivity index (χ3v) is 4.73. The van der Waals surface area contributed by atoms with Crippen LogP contribution in [0.15, 0.2) is 34.5 Å². The number of aryl methyl sites for hydroxylation is 1. The van der Waals surface area contributed by atoms with E-state index in [1.165, 1.54) is 23.5 Å². The van der Waals surface area contributed by atoms with Crippen molar-refractivity contribution in [1.29, 1.82) is 0 Å². The zero-order valence-corrected chi connectivity index (χ0v) is 11.3. The van der Waals surface area contributed by atoms with Crippen LogP contribution in [0.2, 0.25) is 0 Å². The lowest BCUT2D eigenvalue weighted by Crippen LogP contribution is -2.00. The van der Waals surface area contributed by atoms with Gasteiger partial charge in [0.1, 0.15) is 5.01 Å². The van der Waals surface area contributed by atoms with E-state index in [2.05, 4.69) is 4.98 Å². The lowest BCUT2D eigenvalue weighted by molar-refractivity contribution is 0.0696. The Kier molecular flexibility index (Phi) is 3.88. The van der Waals surface area contributed by atoms with Gasteiger partial charge >= 0.3 is 5.97 Å². The largest absolute Gasteiger partial charge is 0.478 e. The molecule has 0 aliphatic heterocycles. The molecule has 94 valence electrons. The van der Waals surface area contributed by atoms with Gasteiger partial charge in [-0.15, -0.1) is 11.3 Å². The Balaban J connectivity index is 2.18. The number of carbonyl (C=O) groups is 1. The molecule has 0 saturated carbocycles. The molecule has 0 bridgehead atoms. The van der Waals surface area contributed by atoms with Crippen LogP contribution in [-0.2, 0) is 16.6 Å². The van der Waals surface area contributed by atoms with Gasteiger partial charge in [-0.1, -0.05) is 6.07 Å². The normalized spacial score (nSPS) is 12.3.